The van der Waals surface area contributed by atoms with Crippen molar-refractivity contribution in [3.8, 4) is 0 Å². The van der Waals surface area contributed by atoms with Crippen molar-refractivity contribution >= 4 is 23.9 Å². The lowest BCUT2D eigenvalue weighted by Crippen LogP contribution is -2.45. The third-order valence-corrected chi connectivity index (χ3v) is 5.78. The number of benzene rings is 1. The number of nitrogens with zero attached hydrogens (tertiary/aromatic N) is 2. The molecule has 0 aromatic heterocycles. The fourth-order valence-electron chi connectivity index (χ4n) is 3.70. The van der Waals surface area contributed by atoms with Gasteiger partial charge in [0.1, 0.15) is 18.8 Å². The van der Waals surface area contributed by atoms with Gasteiger partial charge in [0, 0.05) is 17.5 Å². The van der Waals surface area contributed by atoms with Gasteiger partial charge in [-0.2, -0.15) is 0 Å². The Kier molecular flexibility index (Phi) is 8.12. The molecule has 1 heterocycles. The van der Waals surface area contributed by atoms with Crippen LogP contribution in [0.5, 0.6) is 0 Å². The minimum absolute atomic E-state index is 0.0861. The number of guanidine groups is 1. The summed E-state index contributed by atoms with van der Waals surface area (Å²) in [6, 6.07) is 8.90. The molecule has 0 unspecified atom stereocenters. The van der Waals surface area contributed by atoms with Gasteiger partial charge in [-0.25, -0.2) is 4.79 Å². The molecular weight excluding hydrogens is 434 g/mol. The van der Waals surface area contributed by atoms with Crippen LogP contribution in [0.2, 0.25) is 0 Å². The molecule has 1 spiro atoms. The Labute approximate surface area is 205 Å². The van der Waals surface area contributed by atoms with E-state index in [0.717, 1.165) is 44.9 Å². The van der Waals surface area contributed by atoms with Gasteiger partial charge in [-0.05, 0) is 56.9 Å². The number of esters is 1. The van der Waals surface area contributed by atoms with Crippen LogP contribution < -0.4 is 5.32 Å². The minimum Gasteiger partial charge on any atom is -0.458 e. The largest absolute Gasteiger partial charge is 0.458 e. The van der Waals surface area contributed by atoms with Crippen molar-refractivity contribution in [1.29, 1.82) is 0 Å². The van der Waals surface area contributed by atoms with Crippen LogP contribution in [0, 0.1) is 0 Å². The number of hydrogen-bond donors (Lipinski definition) is 1. The third-order valence-electron chi connectivity index (χ3n) is 5.78. The molecule has 1 aromatic rings. The Balaban J connectivity index is 1.79. The van der Waals surface area contributed by atoms with Crippen LogP contribution in [-0.4, -0.2) is 48.0 Å². The molecule has 8 heteroatoms. The number of hydrogen-bond acceptors (Lipinski definition) is 5. The Bertz CT molecular complexity index is 991. The number of aliphatic imine (C=N–C) groups is 1. The Morgan fingerprint density at radius 3 is 2.62 bits per heavy atom. The van der Waals surface area contributed by atoms with Crippen molar-refractivity contribution in [1.82, 2.24) is 10.2 Å². The van der Waals surface area contributed by atoms with Crippen molar-refractivity contribution in [3.05, 3.63) is 48.0 Å². The summed E-state index contributed by atoms with van der Waals surface area (Å²) in [5.41, 5.74) is 0.136. The molecule has 2 aliphatic rings. The predicted octanol–water partition coefficient (Wildman–Crippen LogP) is 4.49. The van der Waals surface area contributed by atoms with E-state index >= 15 is 0 Å². The molecule has 1 aliphatic heterocycles. The summed E-state index contributed by atoms with van der Waals surface area (Å²) in [4.78, 5) is 42.3. The van der Waals surface area contributed by atoms with Crippen LogP contribution in [0.25, 0.3) is 0 Å². The van der Waals surface area contributed by atoms with Gasteiger partial charge in [0.15, 0.2) is 0 Å². The number of nitrogens with one attached hydrogen (secondary N) is 1. The van der Waals surface area contributed by atoms with Gasteiger partial charge < -0.3 is 14.4 Å². The molecule has 0 atom stereocenters. The van der Waals surface area contributed by atoms with Gasteiger partial charge in [-0.15, -0.1) is 4.99 Å². The van der Waals surface area contributed by atoms with Crippen molar-refractivity contribution in [2.24, 2.45) is 4.99 Å². The molecule has 0 bridgehead atoms. The van der Waals surface area contributed by atoms with Crippen LogP contribution in [0.1, 0.15) is 73.9 Å². The van der Waals surface area contributed by atoms with Crippen molar-refractivity contribution in [3.63, 3.8) is 0 Å². The topological polar surface area (TPSA) is 97.3 Å². The lowest BCUT2D eigenvalue weighted by molar-refractivity contribution is -0.151. The maximum atomic E-state index is 12.8. The second kappa shape index (κ2) is 12.9. The molecule has 8 nitrogen and oxygen atoms in total. The highest BCUT2D eigenvalue weighted by Crippen LogP contribution is 2.44. The zero-order valence-electron chi connectivity index (χ0n) is 22.5. The number of likely N-dealkylation sites (N-methyl/N-ethyl adjacent to an activating group) is 1. The molecule has 1 fully saturated rings. The summed E-state index contributed by atoms with van der Waals surface area (Å²) in [5, 5.41) is 2.42. The number of allylic oxidation sites excluding steroid dienone is 2. The second-order valence-electron chi connectivity index (χ2n) is 8.73. The zero-order valence-corrected chi connectivity index (χ0v) is 19.5. The lowest BCUT2D eigenvalue weighted by atomic mass is 10.1. The first-order valence-electron chi connectivity index (χ1n) is 13.4. The van der Waals surface area contributed by atoms with Gasteiger partial charge in [-0.1, -0.05) is 48.9 Å². The first kappa shape index (κ1) is 21.4. The molecule has 1 saturated carbocycles. The number of ether oxygens (including phenoxy) is 2. The van der Waals surface area contributed by atoms with E-state index in [1.165, 1.54) is 0 Å². The zero-order chi connectivity index (χ0) is 26.7. The first-order valence-corrected chi connectivity index (χ1v) is 11.9. The molecule has 0 radical (unpaired) electrons. The number of carbonyl (C=O) groups excluding carboxylic acids is 3. The number of carbonyl (C=O) groups is 3. The van der Waals surface area contributed by atoms with E-state index in [4.69, 9.17) is 13.6 Å². The van der Waals surface area contributed by atoms with E-state index in [-0.39, 0.29) is 13.0 Å². The Morgan fingerprint density at radius 1 is 1.12 bits per heavy atom. The normalized spacial score (nSPS) is 23.9. The highest BCUT2D eigenvalue weighted by molar-refractivity contribution is 6.01. The Hall–Kier alpha value is -3.16. The summed E-state index contributed by atoms with van der Waals surface area (Å²) in [6.07, 6.45) is 10.4. The standard InChI is InChI=1S/C26H35N3O5/c1-29-19-23(31)34-26(17-18-26)16-12-7-5-3-2-4-6-11-15-22(30)27-24(29)28-25(32)33-20-21-13-9-8-10-14-21/h3,5,8-10,13-14H,2,4,6-7,11-12,15-20H2,1H3,(H,27,28,30,32)/b5-3+/i1D3. The summed E-state index contributed by atoms with van der Waals surface area (Å²) >= 11 is 0. The quantitative estimate of drug-likeness (QED) is 0.503. The monoisotopic (exact) mass is 472 g/mol. The smallest absolute Gasteiger partial charge is 0.437 e. The molecule has 0 saturated heterocycles. The average Bonchev–Trinajstić information content (AvgIpc) is 3.60. The number of rotatable bonds is 2. The maximum Gasteiger partial charge on any atom is 0.437 e. The van der Waals surface area contributed by atoms with E-state index in [1.807, 2.05) is 6.07 Å². The molecule has 3 rings (SSSR count). The fourth-order valence-corrected chi connectivity index (χ4v) is 3.70. The van der Waals surface area contributed by atoms with Crippen LogP contribution in [-0.2, 0) is 25.7 Å². The van der Waals surface area contributed by atoms with E-state index in [9.17, 15) is 14.4 Å². The summed E-state index contributed by atoms with van der Waals surface area (Å²) in [5.74, 6) is -1.83. The van der Waals surface area contributed by atoms with Gasteiger partial charge in [0.2, 0.25) is 11.9 Å². The fraction of sp³-hybridized carbons (Fsp3) is 0.538. The molecule has 2 amide bonds. The lowest BCUT2D eigenvalue weighted by Gasteiger charge is -2.23. The van der Waals surface area contributed by atoms with Gasteiger partial charge in [0.25, 0.3) is 0 Å². The highest BCUT2D eigenvalue weighted by atomic mass is 16.6. The SMILES string of the molecule is [2H]C([2H])([2H])N1CC(=O)OC2(CCC/C=C/CCCCCC(=O)N/C1=N/C(=O)OCc1ccccc1)CC2. The van der Waals surface area contributed by atoms with Crippen LogP contribution in [0.3, 0.4) is 0 Å². The van der Waals surface area contributed by atoms with Crippen LogP contribution in [0.15, 0.2) is 47.5 Å². The third kappa shape index (κ3) is 9.00. The maximum absolute atomic E-state index is 12.8. The first-order chi connectivity index (χ1) is 17.7. The van der Waals surface area contributed by atoms with Crippen LogP contribution >= 0.6 is 0 Å². The van der Waals surface area contributed by atoms with E-state index < -0.39 is 43.1 Å². The molecule has 1 aliphatic carbocycles. The van der Waals surface area contributed by atoms with Gasteiger partial charge >= 0.3 is 12.1 Å². The second-order valence-corrected chi connectivity index (χ2v) is 8.73. The van der Waals surface area contributed by atoms with E-state index in [0.29, 0.717) is 23.3 Å². The summed E-state index contributed by atoms with van der Waals surface area (Å²) < 4.78 is 34.7. The molecule has 184 valence electrons. The van der Waals surface area contributed by atoms with E-state index in [2.05, 4.69) is 22.5 Å². The summed E-state index contributed by atoms with van der Waals surface area (Å²) in [7, 11) is 0. The highest BCUT2D eigenvalue weighted by Gasteiger charge is 2.46. The Morgan fingerprint density at radius 2 is 1.88 bits per heavy atom. The average molecular weight is 473 g/mol. The van der Waals surface area contributed by atoms with Crippen molar-refractivity contribution in [2.75, 3.05) is 13.5 Å². The van der Waals surface area contributed by atoms with Gasteiger partial charge in [0.05, 0.1) is 0 Å². The van der Waals surface area contributed by atoms with Crippen LogP contribution in [0.4, 0.5) is 4.79 Å². The van der Waals surface area contributed by atoms with Gasteiger partial charge in [-0.3, -0.25) is 14.9 Å². The molecule has 1 N–H and O–H groups in total. The van der Waals surface area contributed by atoms with E-state index in [1.54, 1.807) is 24.3 Å². The number of amides is 2. The van der Waals surface area contributed by atoms with Crippen molar-refractivity contribution < 1.29 is 28.0 Å². The molecule has 1 aromatic carbocycles. The molecule has 34 heavy (non-hydrogen) atoms. The molecular formula is C26H35N3O5. The predicted molar refractivity (Wildman–Crippen MR) is 129 cm³/mol. The van der Waals surface area contributed by atoms with Crippen molar-refractivity contribution in [2.45, 2.75) is 76.4 Å². The summed E-state index contributed by atoms with van der Waals surface area (Å²) in [6.45, 7) is -3.67. The minimum atomic E-state index is -2.88.